The molecule has 0 N–H and O–H groups in total. The van der Waals surface area contributed by atoms with Gasteiger partial charge in [-0.05, 0) is 178 Å². The van der Waals surface area contributed by atoms with E-state index in [2.05, 4.69) is 377 Å². The minimum atomic E-state index is -0.620. The molecule has 0 spiro atoms. The van der Waals surface area contributed by atoms with E-state index in [1.54, 1.807) is 0 Å². The van der Waals surface area contributed by atoms with E-state index in [1.807, 2.05) is 0 Å². The van der Waals surface area contributed by atoms with Crippen molar-refractivity contribution in [2.75, 3.05) is 14.7 Å². The van der Waals surface area contributed by atoms with E-state index in [0.29, 0.717) is 0 Å². The maximum absolute atomic E-state index is 2.67. The molecule has 456 valence electrons. The number of hydrogen-bond donors (Lipinski definition) is 0. The fourth-order valence-electron chi connectivity index (χ4n) is 15.2. The third kappa shape index (κ3) is 9.95. The first-order valence-electron chi connectivity index (χ1n) is 33.4. The van der Waals surface area contributed by atoms with Crippen molar-refractivity contribution in [1.29, 1.82) is 0 Å². The van der Waals surface area contributed by atoms with Gasteiger partial charge < -0.3 is 14.7 Å². The summed E-state index contributed by atoms with van der Waals surface area (Å²) in [6.07, 6.45) is 0. The van der Waals surface area contributed by atoms with Crippen LogP contribution < -0.4 is 31.1 Å². The van der Waals surface area contributed by atoms with Crippen LogP contribution >= 0.6 is 0 Å². The smallest absolute Gasteiger partial charge is 0.252 e. The molecule has 3 aliphatic rings. The third-order valence-electron chi connectivity index (χ3n) is 20.2. The van der Waals surface area contributed by atoms with Gasteiger partial charge in [0.1, 0.15) is 0 Å². The van der Waals surface area contributed by atoms with Crippen LogP contribution in [0.4, 0.5) is 51.2 Å². The highest BCUT2D eigenvalue weighted by Gasteiger charge is 2.49. The molecule has 3 nitrogen and oxygen atoms in total. The lowest BCUT2D eigenvalue weighted by Crippen LogP contribution is -2.61. The Labute approximate surface area is 552 Å². The second kappa shape index (κ2) is 22.2. The molecule has 0 unspecified atom stereocenters. The molecule has 12 aromatic carbocycles. The zero-order chi connectivity index (χ0) is 64.3. The van der Waals surface area contributed by atoms with Crippen LogP contribution in [-0.4, -0.2) is 6.71 Å². The van der Waals surface area contributed by atoms with E-state index in [0.717, 1.165) is 39.7 Å². The third-order valence-corrected chi connectivity index (χ3v) is 20.2. The molecule has 0 radical (unpaired) electrons. The van der Waals surface area contributed by atoms with Crippen LogP contribution in [-0.2, 0) is 27.1 Å². The summed E-state index contributed by atoms with van der Waals surface area (Å²) in [7, 11) is 0. The molecule has 15 rings (SSSR count). The van der Waals surface area contributed by atoms with Crippen molar-refractivity contribution in [2.45, 2.75) is 110 Å². The first-order valence-corrected chi connectivity index (χ1v) is 33.4. The Balaban J connectivity index is 1.07. The zero-order valence-corrected chi connectivity index (χ0v) is 56.0. The summed E-state index contributed by atoms with van der Waals surface area (Å²) in [6.45, 7) is 28.0. The molecule has 0 bridgehead atoms. The quantitative estimate of drug-likeness (QED) is 0.133. The van der Waals surface area contributed by atoms with Crippen LogP contribution in [0.1, 0.15) is 128 Å². The van der Waals surface area contributed by atoms with Gasteiger partial charge in [-0.3, -0.25) is 0 Å². The van der Waals surface area contributed by atoms with Crippen molar-refractivity contribution in [3.63, 3.8) is 0 Å². The summed E-state index contributed by atoms with van der Waals surface area (Å²) in [4.78, 5) is 7.81. The number of para-hydroxylation sites is 2. The van der Waals surface area contributed by atoms with Gasteiger partial charge in [0.15, 0.2) is 0 Å². The molecule has 2 heterocycles. The zero-order valence-electron chi connectivity index (χ0n) is 56.0. The lowest BCUT2D eigenvalue weighted by Gasteiger charge is -2.46. The van der Waals surface area contributed by atoms with Crippen LogP contribution in [0.3, 0.4) is 0 Å². The van der Waals surface area contributed by atoms with Gasteiger partial charge in [-0.15, -0.1) is 0 Å². The molecular weight excluding hydrogens is 1120 g/mol. The lowest BCUT2D eigenvalue weighted by atomic mass is 9.33. The summed E-state index contributed by atoms with van der Waals surface area (Å²) >= 11 is 0. The first-order chi connectivity index (χ1) is 44.7. The van der Waals surface area contributed by atoms with Gasteiger partial charge in [0.25, 0.3) is 6.71 Å². The van der Waals surface area contributed by atoms with Gasteiger partial charge in [-0.1, -0.05) is 289 Å². The molecule has 1 aliphatic carbocycles. The molecule has 2 aliphatic heterocycles. The predicted octanol–water partition coefficient (Wildman–Crippen LogP) is 22.1. The van der Waals surface area contributed by atoms with Gasteiger partial charge >= 0.3 is 0 Å². The minimum absolute atomic E-state index is 0.00940. The van der Waals surface area contributed by atoms with E-state index in [4.69, 9.17) is 0 Å². The monoisotopic (exact) mass is 1200 g/mol. The summed E-state index contributed by atoms with van der Waals surface area (Å²) in [6, 6.07) is 107. The summed E-state index contributed by atoms with van der Waals surface area (Å²) < 4.78 is 0. The van der Waals surface area contributed by atoms with Crippen LogP contribution in [0.25, 0.3) is 33.4 Å². The Morgan fingerprint density at radius 1 is 0.301 bits per heavy atom. The minimum Gasteiger partial charge on any atom is -0.311 e. The molecule has 4 heteroatoms. The lowest BCUT2D eigenvalue weighted by molar-refractivity contribution is 0.589. The molecule has 0 amide bonds. The molecule has 0 fully saturated rings. The van der Waals surface area contributed by atoms with Crippen molar-refractivity contribution < 1.29 is 0 Å². The number of fused-ring (bicyclic) bond motifs is 7. The average molecular weight is 1200 g/mol. The highest BCUT2D eigenvalue weighted by Crippen LogP contribution is 2.58. The molecule has 0 saturated heterocycles. The fraction of sp³-hybridized carbons (Fsp3) is 0.191. The van der Waals surface area contributed by atoms with E-state index >= 15 is 0 Å². The van der Waals surface area contributed by atoms with Gasteiger partial charge in [-0.2, -0.15) is 0 Å². The van der Waals surface area contributed by atoms with E-state index in [-0.39, 0.29) is 28.4 Å². The van der Waals surface area contributed by atoms with Crippen molar-refractivity contribution in [2.24, 2.45) is 0 Å². The normalized spacial score (nSPS) is 13.8. The van der Waals surface area contributed by atoms with Crippen LogP contribution in [0.5, 0.6) is 0 Å². The van der Waals surface area contributed by atoms with E-state index < -0.39 is 5.41 Å². The molecular formula is C89H82BN3. The molecule has 93 heavy (non-hydrogen) atoms. The maximum Gasteiger partial charge on any atom is 0.252 e. The number of rotatable bonds is 9. The van der Waals surface area contributed by atoms with Gasteiger partial charge in [-0.25, -0.2) is 0 Å². The Morgan fingerprint density at radius 2 is 0.806 bits per heavy atom. The van der Waals surface area contributed by atoms with Crippen molar-refractivity contribution in [3.05, 3.63) is 324 Å². The Bertz CT molecular complexity index is 4790. The van der Waals surface area contributed by atoms with Crippen LogP contribution in [0.2, 0.25) is 0 Å². The Hall–Kier alpha value is -9.90. The number of benzene rings is 12. The average Bonchev–Trinajstić information content (AvgIpc) is 1.68. The van der Waals surface area contributed by atoms with Gasteiger partial charge in [0.2, 0.25) is 0 Å². The second-order valence-electron chi connectivity index (χ2n) is 30.2. The van der Waals surface area contributed by atoms with Gasteiger partial charge in [0.05, 0.1) is 16.8 Å². The standard InChI is InChI=1S/C89H82BN3/c1-85(2,3)61-43-41-60(42-44-61)73-53-64(86(4,5)6)45-51-79(73)93-80-52-46-65(87(7,8)9)54-77(80)90-76-50-48-69(91(67-35-23-16-24-36-67)78-40-28-26-37-70(78)59-29-17-13-18-30-59)58-81(76)92(82-55-66(88(10,11)12)56-83(93)84(82)90)68-47-49-72-71-38-25-27-39-74(71)89(75(72)57-68,62-31-19-14-20-32-62)63-33-21-15-22-34-63/h13-58H,1-12H3. The predicted molar refractivity (Wildman–Crippen MR) is 398 cm³/mol. The molecule has 0 atom stereocenters. The van der Waals surface area contributed by atoms with Crippen molar-refractivity contribution in [1.82, 2.24) is 0 Å². The SMILES string of the molecule is CC(C)(C)c1ccc(-c2cc(C(C)(C)C)ccc2N2c3ccc(C(C)(C)C)cc3B3c4ccc(N(c5ccccc5)c5ccccc5-c5ccccc5)cc4N(c4ccc5c(c4)C(c4ccccc4)(c4ccccc4)c4ccccc4-5)c4cc(C(C)(C)C)cc2c43)cc1. The number of hydrogen-bond acceptors (Lipinski definition) is 3. The maximum atomic E-state index is 2.67. The second-order valence-corrected chi connectivity index (χ2v) is 30.2. The van der Waals surface area contributed by atoms with E-state index in [9.17, 15) is 0 Å². The van der Waals surface area contributed by atoms with E-state index in [1.165, 1.54) is 106 Å². The summed E-state index contributed by atoms with van der Waals surface area (Å²) in [5.74, 6) is 0. The van der Waals surface area contributed by atoms with Crippen molar-refractivity contribution >= 4 is 74.3 Å². The topological polar surface area (TPSA) is 9.72 Å². The summed E-state index contributed by atoms with van der Waals surface area (Å²) in [5, 5.41) is 0. The Kier molecular flexibility index (Phi) is 14.2. The highest BCUT2D eigenvalue weighted by molar-refractivity contribution is 7.00. The van der Waals surface area contributed by atoms with Crippen molar-refractivity contribution in [3.8, 4) is 33.4 Å². The number of anilines is 9. The summed E-state index contributed by atoms with van der Waals surface area (Å²) in [5.41, 5.74) is 30.5. The fourth-order valence-corrected chi connectivity index (χ4v) is 15.2. The van der Waals surface area contributed by atoms with Crippen LogP contribution in [0, 0.1) is 0 Å². The van der Waals surface area contributed by atoms with Crippen LogP contribution in [0.15, 0.2) is 279 Å². The molecule has 12 aromatic rings. The largest absolute Gasteiger partial charge is 0.311 e. The number of nitrogens with zero attached hydrogens (tertiary/aromatic N) is 3. The highest BCUT2D eigenvalue weighted by atomic mass is 15.2. The molecule has 0 saturated carbocycles. The Morgan fingerprint density at radius 3 is 1.43 bits per heavy atom. The van der Waals surface area contributed by atoms with Gasteiger partial charge in [0, 0.05) is 50.9 Å². The molecule has 0 aromatic heterocycles. The first kappa shape index (κ1) is 59.4.